The Bertz CT molecular complexity index is 488. The molecule has 1 aliphatic heterocycles. The summed E-state index contributed by atoms with van der Waals surface area (Å²) >= 11 is 3.50. The molecule has 0 radical (unpaired) electrons. The molecule has 2 rings (SSSR count). The Hall–Kier alpha value is -1.14. The van der Waals surface area contributed by atoms with Crippen LogP contribution in [0.4, 0.5) is 4.79 Å². The number of rotatable bonds is 1. The number of halogens is 1. The van der Waals surface area contributed by atoms with Crippen LogP contribution in [-0.4, -0.2) is 41.2 Å². The number of ether oxygens (including phenoxy) is 1. The summed E-state index contributed by atoms with van der Waals surface area (Å²) in [5, 5.41) is 3.30. The van der Waals surface area contributed by atoms with Crippen molar-refractivity contribution >= 4 is 22.0 Å². The Morgan fingerprint density at radius 1 is 1.55 bits per heavy atom. The second-order valence-corrected chi connectivity index (χ2v) is 6.62. The van der Waals surface area contributed by atoms with E-state index in [0.717, 1.165) is 16.7 Å². The molecule has 0 spiro atoms. The van der Waals surface area contributed by atoms with E-state index in [1.165, 1.54) is 0 Å². The van der Waals surface area contributed by atoms with E-state index < -0.39 is 5.60 Å². The Labute approximate surface area is 127 Å². The van der Waals surface area contributed by atoms with Gasteiger partial charge in [0.15, 0.2) is 0 Å². The average Bonchev–Trinajstić information content (AvgIpc) is 2.37. The molecule has 0 saturated carbocycles. The second kappa shape index (κ2) is 6.10. The van der Waals surface area contributed by atoms with Gasteiger partial charge in [0.05, 0.1) is 11.7 Å². The average molecular weight is 342 g/mol. The zero-order chi connectivity index (χ0) is 14.8. The minimum absolute atomic E-state index is 0.117. The number of nitrogens with zero attached hydrogens (tertiary/aromatic N) is 2. The molecular formula is C14H20BrN3O2. The predicted octanol–water partition coefficient (Wildman–Crippen LogP) is 2.73. The maximum atomic E-state index is 12.3. The van der Waals surface area contributed by atoms with Crippen molar-refractivity contribution in [3.63, 3.8) is 0 Å². The van der Waals surface area contributed by atoms with E-state index in [-0.39, 0.29) is 12.1 Å². The van der Waals surface area contributed by atoms with Crippen LogP contribution >= 0.6 is 15.9 Å². The minimum atomic E-state index is -0.492. The van der Waals surface area contributed by atoms with Crippen molar-refractivity contribution in [3.05, 3.63) is 28.5 Å². The lowest BCUT2D eigenvalue weighted by molar-refractivity contribution is 0.0112. The van der Waals surface area contributed by atoms with Gasteiger partial charge in [-0.25, -0.2) is 4.79 Å². The van der Waals surface area contributed by atoms with Crippen molar-refractivity contribution in [2.45, 2.75) is 32.4 Å². The minimum Gasteiger partial charge on any atom is -0.444 e. The third kappa shape index (κ3) is 3.70. The van der Waals surface area contributed by atoms with Crippen LogP contribution in [0, 0.1) is 0 Å². The molecule has 110 valence electrons. The molecular weight excluding hydrogens is 322 g/mol. The summed E-state index contributed by atoms with van der Waals surface area (Å²) in [6, 6.07) is 3.68. The Morgan fingerprint density at radius 3 is 2.95 bits per heavy atom. The van der Waals surface area contributed by atoms with Gasteiger partial charge in [0.1, 0.15) is 5.60 Å². The van der Waals surface area contributed by atoms with Crippen molar-refractivity contribution in [2.24, 2.45) is 0 Å². The number of amides is 1. The molecule has 0 bridgehead atoms. The zero-order valence-corrected chi connectivity index (χ0v) is 13.6. The van der Waals surface area contributed by atoms with Gasteiger partial charge in [-0.1, -0.05) is 0 Å². The topological polar surface area (TPSA) is 54.5 Å². The van der Waals surface area contributed by atoms with Crippen LogP contribution in [0.25, 0.3) is 0 Å². The van der Waals surface area contributed by atoms with Gasteiger partial charge >= 0.3 is 6.09 Å². The second-order valence-electron chi connectivity index (χ2n) is 5.76. The summed E-state index contributed by atoms with van der Waals surface area (Å²) in [5.74, 6) is 0. The smallest absolute Gasteiger partial charge is 0.410 e. The highest BCUT2D eigenvalue weighted by Gasteiger charge is 2.32. The van der Waals surface area contributed by atoms with Crippen LogP contribution in [0.3, 0.4) is 0 Å². The first-order valence-corrected chi connectivity index (χ1v) is 7.48. The van der Waals surface area contributed by atoms with Gasteiger partial charge in [-0.15, -0.1) is 0 Å². The maximum Gasteiger partial charge on any atom is 0.410 e. The van der Waals surface area contributed by atoms with Crippen LogP contribution in [0.15, 0.2) is 22.8 Å². The number of piperazine rings is 1. The number of hydrogen-bond acceptors (Lipinski definition) is 4. The highest BCUT2D eigenvalue weighted by Crippen LogP contribution is 2.28. The Morgan fingerprint density at radius 2 is 2.30 bits per heavy atom. The number of aromatic nitrogens is 1. The van der Waals surface area contributed by atoms with Crippen LogP contribution in [0.1, 0.15) is 32.5 Å². The van der Waals surface area contributed by atoms with E-state index in [1.54, 1.807) is 11.1 Å². The molecule has 1 atom stereocenters. The molecule has 1 aromatic rings. The first-order chi connectivity index (χ1) is 9.38. The monoisotopic (exact) mass is 341 g/mol. The van der Waals surface area contributed by atoms with Gasteiger partial charge in [-0.3, -0.25) is 9.88 Å². The molecule has 5 nitrogen and oxygen atoms in total. The molecule has 6 heteroatoms. The number of nitrogens with one attached hydrogen (secondary N) is 1. The van der Waals surface area contributed by atoms with Gasteiger partial charge < -0.3 is 10.1 Å². The van der Waals surface area contributed by atoms with Crippen LogP contribution < -0.4 is 5.32 Å². The van der Waals surface area contributed by atoms with Crippen molar-refractivity contribution < 1.29 is 9.53 Å². The molecule has 1 amide bonds. The van der Waals surface area contributed by atoms with E-state index in [4.69, 9.17) is 4.74 Å². The Kier molecular flexibility index (Phi) is 4.65. The normalized spacial score (nSPS) is 19.8. The summed E-state index contributed by atoms with van der Waals surface area (Å²) in [7, 11) is 0. The zero-order valence-electron chi connectivity index (χ0n) is 12.0. The van der Waals surface area contributed by atoms with Crippen LogP contribution in [-0.2, 0) is 4.74 Å². The molecule has 0 aliphatic carbocycles. The van der Waals surface area contributed by atoms with Crippen molar-refractivity contribution in [2.75, 3.05) is 19.6 Å². The maximum absolute atomic E-state index is 12.3. The third-order valence-corrected chi connectivity index (χ3v) is 3.64. The predicted molar refractivity (Wildman–Crippen MR) is 80.5 cm³/mol. The third-order valence-electron chi connectivity index (χ3n) is 2.97. The summed E-state index contributed by atoms with van der Waals surface area (Å²) in [4.78, 5) is 18.5. The highest BCUT2D eigenvalue weighted by molar-refractivity contribution is 9.10. The fourth-order valence-corrected chi connectivity index (χ4v) is 2.65. The van der Waals surface area contributed by atoms with E-state index in [1.807, 2.05) is 32.9 Å². The quantitative estimate of drug-likeness (QED) is 0.853. The SMILES string of the molecule is CC(C)(C)OC(=O)N1CCNCC1c1ncccc1Br. The molecule has 1 aromatic heterocycles. The van der Waals surface area contributed by atoms with Crippen molar-refractivity contribution in [3.8, 4) is 0 Å². The lowest BCUT2D eigenvalue weighted by atomic mass is 10.1. The van der Waals surface area contributed by atoms with Crippen molar-refractivity contribution in [1.82, 2.24) is 15.2 Å². The van der Waals surface area contributed by atoms with E-state index in [9.17, 15) is 4.79 Å². The van der Waals surface area contributed by atoms with E-state index in [0.29, 0.717) is 13.1 Å². The lowest BCUT2D eigenvalue weighted by Crippen LogP contribution is -2.50. The van der Waals surface area contributed by atoms with Gasteiger partial charge in [0.25, 0.3) is 0 Å². The van der Waals surface area contributed by atoms with E-state index >= 15 is 0 Å². The first kappa shape index (κ1) is 15.3. The molecule has 1 unspecified atom stereocenters. The summed E-state index contributed by atoms with van der Waals surface area (Å²) in [5.41, 5.74) is 0.360. The molecule has 1 saturated heterocycles. The summed E-state index contributed by atoms with van der Waals surface area (Å²) in [6.45, 7) is 7.67. The van der Waals surface area contributed by atoms with Gasteiger partial charge in [0, 0.05) is 30.3 Å². The fourth-order valence-electron chi connectivity index (χ4n) is 2.13. The fraction of sp³-hybridized carbons (Fsp3) is 0.571. The lowest BCUT2D eigenvalue weighted by Gasteiger charge is -2.37. The number of pyridine rings is 1. The number of carbonyl (C=O) groups excluding carboxylic acids is 1. The van der Waals surface area contributed by atoms with Crippen LogP contribution in [0.2, 0.25) is 0 Å². The van der Waals surface area contributed by atoms with Crippen molar-refractivity contribution in [1.29, 1.82) is 0 Å². The molecule has 2 heterocycles. The molecule has 0 aromatic carbocycles. The molecule has 1 aliphatic rings. The molecule has 20 heavy (non-hydrogen) atoms. The van der Waals surface area contributed by atoms with Gasteiger partial charge in [-0.05, 0) is 48.8 Å². The standard InChI is InChI=1S/C14H20BrN3O2/c1-14(2,3)20-13(19)18-8-7-16-9-11(18)12-10(15)5-4-6-17-12/h4-6,11,16H,7-9H2,1-3H3. The number of hydrogen-bond donors (Lipinski definition) is 1. The first-order valence-electron chi connectivity index (χ1n) is 6.69. The van der Waals surface area contributed by atoms with Crippen LogP contribution in [0.5, 0.6) is 0 Å². The van der Waals surface area contributed by atoms with Gasteiger partial charge in [0.2, 0.25) is 0 Å². The highest BCUT2D eigenvalue weighted by atomic mass is 79.9. The van der Waals surface area contributed by atoms with Gasteiger partial charge in [-0.2, -0.15) is 0 Å². The van der Waals surface area contributed by atoms with E-state index in [2.05, 4.69) is 26.2 Å². The largest absolute Gasteiger partial charge is 0.444 e. The summed E-state index contributed by atoms with van der Waals surface area (Å²) < 4.78 is 6.39. The molecule has 1 N–H and O–H groups in total. The Balaban J connectivity index is 2.22. The summed E-state index contributed by atoms with van der Waals surface area (Å²) in [6.07, 6.45) is 1.45. The number of carbonyl (C=O) groups is 1. The molecule has 1 fully saturated rings.